The second-order valence-electron chi connectivity index (χ2n) is 6.84. The standard InChI is InChI=1S/C17H21FN2O4/c1-10(21)11-5-6-13(12(18)9-11)19-8-7-14(15(19)22)20(16(23)24)17(2,3)4/h5-6,9,14H,7-8H2,1-4H3,(H,23,24). The minimum atomic E-state index is -1.19. The van der Waals surface area contributed by atoms with Gasteiger partial charge in [-0.05, 0) is 52.3 Å². The third kappa shape index (κ3) is 3.25. The van der Waals surface area contributed by atoms with Crippen molar-refractivity contribution in [2.75, 3.05) is 11.4 Å². The normalized spacial score (nSPS) is 18.0. The molecule has 1 atom stereocenters. The zero-order valence-electron chi connectivity index (χ0n) is 14.2. The van der Waals surface area contributed by atoms with Crippen molar-refractivity contribution in [2.45, 2.75) is 45.7 Å². The van der Waals surface area contributed by atoms with Gasteiger partial charge in [0, 0.05) is 17.6 Å². The van der Waals surface area contributed by atoms with Crippen LogP contribution in [-0.2, 0) is 4.79 Å². The molecule has 24 heavy (non-hydrogen) atoms. The van der Waals surface area contributed by atoms with Crippen LogP contribution in [0.15, 0.2) is 18.2 Å². The van der Waals surface area contributed by atoms with Crippen LogP contribution in [0, 0.1) is 5.82 Å². The molecule has 2 amide bonds. The number of anilines is 1. The van der Waals surface area contributed by atoms with Crippen LogP contribution in [0.4, 0.5) is 14.9 Å². The summed E-state index contributed by atoms with van der Waals surface area (Å²) in [5.74, 6) is -1.40. The van der Waals surface area contributed by atoms with Gasteiger partial charge in [-0.1, -0.05) is 0 Å². The van der Waals surface area contributed by atoms with Crippen LogP contribution in [0.25, 0.3) is 0 Å². The van der Waals surface area contributed by atoms with E-state index in [2.05, 4.69) is 0 Å². The number of hydrogen-bond donors (Lipinski definition) is 1. The number of amides is 2. The maximum absolute atomic E-state index is 14.3. The highest BCUT2D eigenvalue weighted by molar-refractivity contribution is 6.01. The van der Waals surface area contributed by atoms with Crippen molar-refractivity contribution in [3.05, 3.63) is 29.6 Å². The van der Waals surface area contributed by atoms with E-state index in [1.807, 2.05) is 0 Å². The highest BCUT2D eigenvalue weighted by atomic mass is 19.1. The minimum Gasteiger partial charge on any atom is -0.465 e. The fraction of sp³-hybridized carbons (Fsp3) is 0.471. The monoisotopic (exact) mass is 336 g/mol. The highest BCUT2D eigenvalue weighted by Gasteiger charge is 2.43. The second kappa shape index (κ2) is 6.22. The summed E-state index contributed by atoms with van der Waals surface area (Å²) in [5, 5.41) is 9.44. The molecule has 6 nitrogen and oxygen atoms in total. The van der Waals surface area contributed by atoms with Gasteiger partial charge in [-0.15, -0.1) is 0 Å². The van der Waals surface area contributed by atoms with Crippen LogP contribution in [-0.4, -0.2) is 45.9 Å². The van der Waals surface area contributed by atoms with Crippen LogP contribution in [0.1, 0.15) is 44.5 Å². The Kier molecular flexibility index (Phi) is 4.64. The molecule has 0 aliphatic carbocycles. The molecule has 7 heteroatoms. The molecule has 0 saturated carbocycles. The van der Waals surface area contributed by atoms with E-state index in [0.29, 0.717) is 0 Å². The Morgan fingerprint density at radius 3 is 2.42 bits per heavy atom. The van der Waals surface area contributed by atoms with Gasteiger partial charge in [-0.3, -0.25) is 14.5 Å². The molecule has 1 aliphatic heterocycles. The molecule has 1 fully saturated rings. The first-order valence-corrected chi connectivity index (χ1v) is 7.68. The number of rotatable bonds is 3. The van der Waals surface area contributed by atoms with E-state index in [-0.39, 0.29) is 30.0 Å². The van der Waals surface area contributed by atoms with E-state index in [9.17, 15) is 23.9 Å². The van der Waals surface area contributed by atoms with Crippen molar-refractivity contribution < 1.29 is 23.9 Å². The van der Waals surface area contributed by atoms with Crippen LogP contribution >= 0.6 is 0 Å². The van der Waals surface area contributed by atoms with Gasteiger partial charge in [0.25, 0.3) is 0 Å². The van der Waals surface area contributed by atoms with Gasteiger partial charge in [0.1, 0.15) is 11.9 Å². The second-order valence-corrected chi connectivity index (χ2v) is 6.84. The first-order valence-electron chi connectivity index (χ1n) is 7.68. The zero-order chi connectivity index (χ0) is 18.2. The zero-order valence-corrected chi connectivity index (χ0v) is 14.2. The lowest BCUT2D eigenvalue weighted by atomic mass is 10.0. The topological polar surface area (TPSA) is 77.9 Å². The molecule has 1 aromatic carbocycles. The predicted molar refractivity (Wildman–Crippen MR) is 86.8 cm³/mol. The SMILES string of the molecule is CC(=O)c1ccc(N2CCC(N(C(=O)O)C(C)(C)C)C2=O)c(F)c1. The lowest BCUT2D eigenvalue weighted by Crippen LogP contribution is -2.54. The van der Waals surface area contributed by atoms with Crippen molar-refractivity contribution in [3.63, 3.8) is 0 Å². The van der Waals surface area contributed by atoms with Crippen molar-refractivity contribution in [3.8, 4) is 0 Å². The fourth-order valence-corrected chi connectivity index (χ4v) is 2.98. The van der Waals surface area contributed by atoms with Gasteiger partial charge in [0.05, 0.1) is 5.69 Å². The lowest BCUT2D eigenvalue weighted by molar-refractivity contribution is -0.122. The van der Waals surface area contributed by atoms with E-state index in [1.165, 1.54) is 24.0 Å². The van der Waals surface area contributed by atoms with Gasteiger partial charge in [0.2, 0.25) is 5.91 Å². The molecule has 1 aromatic rings. The fourth-order valence-electron chi connectivity index (χ4n) is 2.98. The quantitative estimate of drug-likeness (QED) is 0.861. The molecule has 1 heterocycles. The largest absolute Gasteiger partial charge is 0.465 e. The van der Waals surface area contributed by atoms with E-state index in [4.69, 9.17) is 0 Å². The highest BCUT2D eigenvalue weighted by Crippen LogP contribution is 2.30. The summed E-state index contributed by atoms with van der Waals surface area (Å²) in [4.78, 5) is 37.9. The Balaban J connectivity index is 2.32. The summed E-state index contributed by atoms with van der Waals surface area (Å²) >= 11 is 0. The average Bonchev–Trinajstić information content (AvgIpc) is 2.78. The van der Waals surface area contributed by atoms with Crippen LogP contribution in [0.3, 0.4) is 0 Å². The van der Waals surface area contributed by atoms with Gasteiger partial charge >= 0.3 is 6.09 Å². The minimum absolute atomic E-state index is 0.0618. The molecule has 1 unspecified atom stereocenters. The summed E-state index contributed by atoms with van der Waals surface area (Å²) in [6.45, 7) is 6.68. The Bertz CT molecular complexity index is 696. The third-order valence-corrected chi connectivity index (χ3v) is 4.06. The molecule has 0 radical (unpaired) electrons. The number of hydrogen-bond acceptors (Lipinski definition) is 3. The van der Waals surface area contributed by atoms with Crippen molar-refractivity contribution in [1.82, 2.24) is 4.90 Å². The first-order chi connectivity index (χ1) is 11.0. The number of carboxylic acid groups (broad SMARTS) is 1. The van der Waals surface area contributed by atoms with Crippen molar-refractivity contribution in [2.24, 2.45) is 0 Å². The van der Waals surface area contributed by atoms with Gasteiger partial charge < -0.3 is 10.0 Å². The molecule has 0 bridgehead atoms. The molecule has 0 spiro atoms. The van der Waals surface area contributed by atoms with E-state index in [0.717, 1.165) is 11.0 Å². The summed E-state index contributed by atoms with van der Waals surface area (Å²) in [5.41, 5.74) is -0.466. The Morgan fingerprint density at radius 2 is 1.96 bits per heavy atom. The van der Waals surface area contributed by atoms with Crippen molar-refractivity contribution in [1.29, 1.82) is 0 Å². The first kappa shape index (κ1) is 17.9. The summed E-state index contributed by atoms with van der Waals surface area (Å²) in [7, 11) is 0. The molecule has 1 aliphatic rings. The van der Waals surface area contributed by atoms with Crippen molar-refractivity contribution >= 4 is 23.5 Å². The maximum Gasteiger partial charge on any atom is 0.408 e. The number of halogens is 1. The van der Waals surface area contributed by atoms with E-state index < -0.39 is 29.4 Å². The average molecular weight is 336 g/mol. The summed E-state index contributed by atoms with van der Waals surface area (Å²) in [6.07, 6.45) is -0.897. The Morgan fingerprint density at radius 1 is 1.33 bits per heavy atom. The molecular formula is C17H21FN2O4. The number of carbonyl (C=O) groups is 3. The number of benzene rings is 1. The molecular weight excluding hydrogens is 315 g/mol. The summed E-state index contributed by atoms with van der Waals surface area (Å²) in [6, 6.07) is 3.08. The van der Waals surface area contributed by atoms with Crippen LogP contribution < -0.4 is 4.90 Å². The van der Waals surface area contributed by atoms with Gasteiger partial charge in [-0.2, -0.15) is 0 Å². The van der Waals surface area contributed by atoms with Gasteiger partial charge in [0.15, 0.2) is 5.78 Å². The summed E-state index contributed by atoms with van der Waals surface area (Å²) < 4.78 is 14.3. The number of Topliss-reactive ketones (excluding diaryl/α,β-unsaturated/α-hetero) is 1. The number of nitrogens with zero attached hydrogens (tertiary/aromatic N) is 2. The number of ketones is 1. The smallest absolute Gasteiger partial charge is 0.408 e. The van der Waals surface area contributed by atoms with E-state index >= 15 is 0 Å². The molecule has 1 N–H and O–H groups in total. The molecule has 2 rings (SSSR count). The maximum atomic E-state index is 14.3. The van der Waals surface area contributed by atoms with Crippen LogP contribution in [0.5, 0.6) is 0 Å². The third-order valence-electron chi connectivity index (χ3n) is 4.06. The molecule has 1 saturated heterocycles. The Hall–Kier alpha value is -2.44. The lowest BCUT2D eigenvalue weighted by Gasteiger charge is -2.36. The Labute approximate surface area is 139 Å². The molecule has 0 aromatic heterocycles. The van der Waals surface area contributed by atoms with E-state index in [1.54, 1.807) is 20.8 Å². The predicted octanol–water partition coefficient (Wildman–Crippen LogP) is 2.91. The number of carbonyl (C=O) groups excluding carboxylic acids is 2. The molecule has 130 valence electrons. The van der Waals surface area contributed by atoms with Crippen LogP contribution in [0.2, 0.25) is 0 Å². The van der Waals surface area contributed by atoms with Gasteiger partial charge in [-0.25, -0.2) is 9.18 Å².